The summed E-state index contributed by atoms with van der Waals surface area (Å²) in [4.78, 5) is 11.2. The summed E-state index contributed by atoms with van der Waals surface area (Å²) in [5.41, 5.74) is 0. The lowest BCUT2D eigenvalue weighted by molar-refractivity contribution is -0.142. The third-order valence-electron chi connectivity index (χ3n) is 3.32. The van der Waals surface area contributed by atoms with Gasteiger partial charge in [0.05, 0.1) is 30.1 Å². The number of aryl methyl sites for hydroxylation is 1. The van der Waals surface area contributed by atoms with Crippen molar-refractivity contribution in [3.8, 4) is 0 Å². The number of carboxylic acids is 1. The van der Waals surface area contributed by atoms with Crippen molar-refractivity contribution < 1.29 is 23.1 Å². The van der Waals surface area contributed by atoms with Crippen LogP contribution in [0, 0.1) is 5.92 Å². The van der Waals surface area contributed by atoms with Crippen molar-refractivity contribution in [3.05, 3.63) is 18.5 Å². The van der Waals surface area contributed by atoms with E-state index in [1.54, 1.807) is 17.8 Å². The van der Waals surface area contributed by atoms with Crippen molar-refractivity contribution in [2.45, 2.75) is 10.9 Å². The number of rotatable bonds is 4. The van der Waals surface area contributed by atoms with Crippen molar-refractivity contribution in [2.24, 2.45) is 13.0 Å². The summed E-state index contributed by atoms with van der Waals surface area (Å²) >= 11 is 0. The van der Waals surface area contributed by atoms with E-state index in [4.69, 9.17) is 9.84 Å². The number of carboxylic acid groups (broad SMARTS) is 1. The molecule has 0 amide bonds. The van der Waals surface area contributed by atoms with Gasteiger partial charge in [-0.3, -0.25) is 4.79 Å². The maximum atomic E-state index is 12.4. The van der Waals surface area contributed by atoms with Gasteiger partial charge in [0, 0.05) is 26.5 Å². The van der Waals surface area contributed by atoms with Crippen LogP contribution < -0.4 is 0 Å². The topological polar surface area (TPSA) is 88.8 Å². The van der Waals surface area contributed by atoms with E-state index >= 15 is 0 Å². The molecule has 2 atom stereocenters. The fourth-order valence-corrected chi connectivity index (χ4v) is 3.54. The first-order valence-electron chi connectivity index (χ1n) is 5.74. The molecule has 1 aliphatic heterocycles. The molecule has 0 bridgehead atoms. The molecule has 106 valence electrons. The molecule has 0 saturated carbocycles. The molecule has 19 heavy (non-hydrogen) atoms. The molecule has 8 heteroatoms. The number of hydrogen-bond acceptors (Lipinski definition) is 4. The maximum Gasteiger partial charge on any atom is 0.310 e. The van der Waals surface area contributed by atoms with Gasteiger partial charge in [-0.05, 0) is 6.07 Å². The van der Waals surface area contributed by atoms with Gasteiger partial charge in [-0.1, -0.05) is 0 Å². The van der Waals surface area contributed by atoms with Crippen molar-refractivity contribution in [3.63, 3.8) is 0 Å². The Morgan fingerprint density at radius 1 is 1.53 bits per heavy atom. The summed E-state index contributed by atoms with van der Waals surface area (Å²) in [7, 11) is -0.592. The molecule has 7 nitrogen and oxygen atoms in total. The Kier molecular flexibility index (Phi) is 3.66. The minimum absolute atomic E-state index is 0.0364. The molecule has 2 unspecified atom stereocenters. The summed E-state index contributed by atoms with van der Waals surface area (Å²) in [5, 5.41) is 9.07. The molecular formula is C11H16N2O5S. The fourth-order valence-electron chi connectivity index (χ4n) is 2.11. The molecule has 1 aromatic heterocycles. The number of aromatic nitrogens is 1. The molecule has 2 heterocycles. The fraction of sp³-hybridized carbons (Fsp3) is 0.545. The van der Waals surface area contributed by atoms with Crippen molar-refractivity contribution in [1.82, 2.24) is 8.87 Å². The number of ether oxygens (including phenoxy) is 1. The van der Waals surface area contributed by atoms with Crippen LogP contribution in [0.3, 0.4) is 0 Å². The zero-order valence-electron chi connectivity index (χ0n) is 10.7. The van der Waals surface area contributed by atoms with Crippen LogP contribution >= 0.6 is 0 Å². The van der Waals surface area contributed by atoms with Gasteiger partial charge < -0.3 is 14.4 Å². The highest BCUT2D eigenvalue weighted by Crippen LogP contribution is 2.25. The first kappa shape index (κ1) is 14.0. The monoisotopic (exact) mass is 288 g/mol. The highest BCUT2D eigenvalue weighted by molar-refractivity contribution is 7.89. The number of sulfonamides is 1. The Labute approximate surface area is 111 Å². The molecule has 1 aliphatic rings. The second kappa shape index (κ2) is 4.95. The molecule has 0 aromatic carbocycles. The van der Waals surface area contributed by atoms with E-state index < -0.39 is 28.0 Å². The third kappa shape index (κ3) is 2.51. The summed E-state index contributed by atoms with van der Waals surface area (Å²) in [6.45, 7) is 0.133. The van der Waals surface area contributed by atoms with Gasteiger partial charge in [0.15, 0.2) is 0 Å². The molecular weight excluding hydrogens is 272 g/mol. The first-order chi connectivity index (χ1) is 8.84. The Morgan fingerprint density at radius 2 is 2.21 bits per heavy atom. The van der Waals surface area contributed by atoms with Gasteiger partial charge >= 0.3 is 5.97 Å². The lowest BCUT2D eigenvalue weighted by Gasteiger charge is -2.25. The van der Waals surface area contributed by atoms with Crippen LogP contribution in [-0.4, -0.2) is 54.7 Å². The van der Waals surface area contributed by atoms with Crippen LogP contribution in [0.25, 0.3) is 0 Å². The molecule has 1 fully saturated rings. The Balaban J connectivity index is 2.28. The quantitative estimate of drug-likeness (QED) is 0.825. The molecule has 2 rings (SSSR count). The minimum Gasteiger partial charge on any atom is -0.481 e. The Morgan fingerprint density at radius 3 is 2.74 bits per heavy atom. The van der Waals surface area contributed by atoms with Crippen LogP contribution in [0.2, 0.25) is 0 Å². The number of hydrogen-bond donors (Lipinski definition) is 1. The van der Waals surface area contributed by atoms with Crippen molar-refractivity contribution in [2.75, 3.05) is 20.3 Å². The number of nitrogens with zero attached hydrogens (tertiary/aromatic N) is 2. The van der Waals surface area contributed by atoms with Gasteiger partial charge in [0.2, 0.25) is 10.0 Å². The molecule has 1 N–H and O–H groups in total. The highest BCUT2D eigenvalue weighted by Gasteiger charge is 2.41. The predicted octanol–water partition coefficient (Wildman–Crippen LogP) is -0.255. The predicted molar refractivity (Wildman–Crippen MR) is 66.1 cm³/mol. The van der Waals surface area contributed by atoms with E-state index in [1.807, 2.05) is 0 Å². The number of carbonyl (C=O) groups is 1. The van der Waals surface area contributed by atoms with Gasteiger partial charge in [-0.25, -0.2) is 8.42 Å². The van der Waals surface area contributed by atoms with E-state index in [9.17, 15) is 13.2 Å². The van der Waals surface area contributed by atoms with Gasteiger partial charge in [-0.15, -0.1) is 0 Å². The standard InChI is InChI=1S/C11H16N2O5S/c1-12-4-3-8(5-12)19(16,17)13(2)10-7-18-6-9(10)11(14)15/h3-5,9-10H,6-7H2,1-2H3,(H,14,15). The third-order valence-corrected chi connectivity index (χ3v) is 5.18. The summed E-state index contributed by atoms with van der Waals surface area (Å²) in [6, 6.07) is 0.805. The van der Waals surface area contributed by atoms with E-state index in [0.717, 1.165) is 4.31 Å². The van der Waals surface area contributed by atoms with E-state index in [1.165, 1.54) is 19.3 Å². The van der Waals surface area contributed by atoms with Crippen LogP contribution in [-0.2, 0) is 26.6 Å². The normalized spacial score (nSPS) is 23.9. The molecule has 1 saturated heterocycles. The summed E-state index contributed by atoms with van der Waals surface area (Å²) < 4.78 is 32.5. The molecule has 0 spiro atoms. The molecule has 1 aromatic rings. The van der Waals surface area contributed by atoms with Crippen LogP contribution in [0.5, 0.6) is 0 Å². The lowest BCUT2D eigenvalue weighted by Crippen LogP contribution is -2.43. The van der Waals surface area contributed by atoms with Crippen molar-refractivity contribution >= 4 is 16.0 Å². The van der Waals surface area contributed by atoms with Gasteiger partial charge in [0.1, 0.15) is 0 Å². The van der Waals surface area contributed by atoms with Crippen LogP contribution in [0.4, 0.5) is 0 Å². The van der Waals surface area contributed by atoms with Crippen LogP contribution in [0.1, 0.15) is 0 Å². The Hall–Kier alpha value is -1.38. The van der Waals surface area contributed by atoms with E-state index in [-0.39, 0.29) is 18.1 Å². The second-order valence-electron chi connectivity index (χ2n) is 4.58. The maximum absolute atomic E-state index is 12.4. The highest BCUT2D eigenvalue weighted by atomic mass is 32.2. The minimum atomic E-state index is -3.70. The molecule has 0 radical (unpaired) electrons. The first-order valence-corrected chi connectivity index (χ1v) is 7.18. The summed E-state index contributed by atoms with van der Waals surface area (Å²) in [5.74, 6) is -1.87. The zero-order chi connectivity index (χ0) is 14.2. The summed E-state index contributed by atoms with van der Waals surface area (Å²) in [6.07, 6.45) is 3.11. The lowest BCUT2D eigenvalue weighted by atomic mass is 10.1. The molecule has 0 aliphatic carbocycles. The van der Waals surface area contributed by atoms with Crippen LogP contribution in [0.15, 0.2) is 23.4 Å². The average molecular weight is 288 g/mol. The van der Waals surface area contributed by atoms with Gasteiger partial charge in [-0.2, -0.15) is 4.31 Å². The average Bonchev–Trinajstić information content (AvgIpc) is 2.95. The largest absolute Gasteiger partial charge is 0.481 e. The zero-order valence-corrected chi connectivity index (χ0v) is 11.5. The van der Waals surface area contributed by atoms with E-state index in [2.05, 4.69) is 0 Å². The van der Waals surface area contributed by atoms with Gasteiger partial charge in [0.25, 0.3) is 0 Å². The SMILES string of the molecule is CN(C1COCC1C(=O)O)S(=O)(=O)c1ccn(C)c1. The number of likely N-dealkylation sites (N-methyl/N-ethyl adjacent to an activating group) is 1. The second-order valence-corrected chi connectivity index (χ2v) is 6.58. The smallest absolute Gasteiger partial charge is 0.310 e. The Bertz CT molecular complexity index is 580. The van der Waals surface area contributed by atoms with Crippen molar-refractivity contribution in [1.29, 1.82) is 0 Å². The van der Waals surface area contributed by atoms with E-state index in [0.29, 0.717) is 0 Å². The number of aliphatic carboxylic acids is 1.